The normalized spacial score (nSPS) is 22.9. The molecule has 1 aliphatic carbocycles. The summed E-state index contributed by atoms with van der Waals surface area (Å²) in [6.07, 6.45) is 1.05. The first-order chi connectivity index (χ1) is 15.1. The maximum atomic E-state index is 12.5. The number of allylic oxidation sites excluding steroid dienone is 1. The highest BCUT2D eigenvalue weighted by molar-refractivity contribution is 5.76. The van der Waals surface area contributed by atoms with Gasteiger partial charge in [0.2, 0.25) is 0 Å². The molecule has 0 saturated carbocycles. The van der Waals surface area contributed by atoms with Gasteiger partial charge in [0.1, 0.15) is 0 Å². The van der Waals surface area contributed by atoms with Gasteiger partial charge in [0.25, 0.3) is 6.04 Å². The summed E-state index contributed by atoms with van der Waals surface area (Å²) in [6.45, 7) is 1.29. The Balaban J connectivity index is 1.97. The van der Waals surface area contributed by atoms with Crippen LogP contribution in [0.2, 0.25) is 0 Å². The van der Waals surface area contributed by atoms with Gasteiger partial charge in [0.05, 0.1) is 5.92 Å². The lowest BCUT2D eigenvalue weighted by molar-refractivity contribution is -0.536. The highest BCUT2D eigenvalue weighted by Gasteiger charge is 2.51. The lowest BCUT2D eigenvalue weighted by Gasteiger charge is -2.37. The molecule has 0 saturated heterocycles. The molecule has 156 valence electrons. The molecule has 0 bridgehead atoms. The number of carbonyl (C=O) groups is 1. The number of nitro groups is 1. The Hall–Kier alpha value is -3.73. The van der Waals surface area contributed by atoms with Crippen molar-refractivity contribution in [1.29, 1.82) is 0 Å². The van der Waals surface area contributed by atoms with Gasteiger partial charge < -0.3 is 4.74 Å². The quantitative estimate of drug-likeness (QED) is 0.326. The van der Waals surface area contributed by atoms with Crippen LogP contribution in [0.5, 0.6) is 0 Å². The second kappa shape index (κ2) is 8.96. The predicted octanol–water partition coefficient (Wildman–Crippen LogP) is 5.23. The van der Waals surface area contributed by atoms with Crippen molar-refractivity contribution >= 4 is 11.5 Å². The lowest BCUT2D eigenvalue weighted by atomic mass is 9.68. The van der Waals surface area contributed by atoms with E-state index in [1.807, 2.05) is 97.1 Å². The average molecular weight is 413 g/mol. The van der Waals surface area contributed by atoms with E-state index in [4.69, 9.17) is 4.74 Å². The van der Waals surface area contributed by atoms with Crippen molar-refractivity contribution in [2.75, 3.05) is 0 Å². The van der Waals surface area contributed by atoms with Crippen molar-refractivity contribution in [3.05, 3.63) is 124 Å². The van der Waals surface area contributed by atoms with Crippen molar-refractivity contribution in [3.63, 3.8) is 0 Å². The second-order valence-corrected chi connectivity index (χ2v) is 7.67. The number of hydrogen-bond donors (Lipinski definition) is 0. The summed E-state index contributed by atoms with van der Waals surface area (Å²) in [5.41, 5.74) is 3.31. The van der Waals surface area contributed by atoms with Crippen molar-refractivity contribution in [2.24, 2.45) is 0 Å². The number of rotatable bonds is 5. The Morgan fingerprint density at radius 3 is 1.87 bits per heavy atom. The fourth-order valence-corrected chi connectivity index (χ4v) is 4.48. The minimum Gasteiger partial charge on any atom is -0.450 e. The van der Waals surface area contributed by atoms with E-state index in [2.05, 4.69) is 0 Å². The third-order valence-electron chi connectivity index (χ3n) is 5.74. The standard InChI is InChI=1S/C26H23NO4/c1-18(28)31-26-23(20-13-7-3-8-14-20)17-22(19-11-5-2-6-12-19)24(25(26)27(29)30)21-15-9-4-10-16-21/h2-17,22,24-26H,1H3/t22-,24+,25+,26-/m1/s1. The smallest absolute Gasteiger partial charge is 0.303 e. The minimum atomic E-state index is -1.13. The number of carbonyl (C=O) groups excluding carboxylic acids is 1. The van der Waals surface area contributed by atoms with E-state index in [-0.39, 0.29) is 10.8 Å². The lowest BCUT2D eigenvalue weighted by Crippen LogP contribution is -2.46. The van der Waals surface area contributed by atoms with Crippen LogP contribution < -0.4 is 0 Å². The van der Waals surface area contributed by atoms with Crippen LogP contribution in [-0.4, -0.2) is 23.0 Å². The average Bonchev–Trinajstić information content (AvgIpc) is 2.79. The van der Waals surface area contributed by atoms with Gasteiger partial charge in [-0.05, 0) is 16.7 Å². The zero-order valence-corrected chi connectivity index (χ0v) is 17.1. The van der Waals surface area contributed by atoms with E-state index >= 15 is 0 Å². The summed E-state index contributed by atoms with van der Waals surface area (Å²) >= 11 is 0. The van der Waals surface area contributed by atoms with Crippen molar-refractivity contribution in [1.82, 2.24) is 0 Å². The molecule has 0 radical (unpaired) electrons. The van der Waals surface area contributed by atoms with Crippen LogP contribution in [0.15, 0.2) is 97.1 Å². The zero-order valence-electron chi connectivity index (χ0n) is 17.1. The molecule has 5 heteroatoms. The molecule has 1 aliphatic rings. The van der Waals surface area contributed by atoms with Crippen molar-refractivity contribution in [3.8, 4) is 0 Å². The molecule has 3 aromatic carbocycles. The molecule has 0 amide bonds. The van der Waals surface area contributed by atoms with Gasteiger partial charge in [-0.2, -0.15) is 0 Å². The van der Waals surface area contributed by atoms with E-state index < -0.39 is 24.0 Å². The molecule has 0 N–H and O–H groups in total. The Morgan fingerprint density at radius 2 is 1.35 bits per heavy atom. The molecule has 0 fully saturated rings. The molecule has 0 aromatic heterocycles. The molecule has 5 nitrogen and oxygen atoms in total. The summed E-state index contributed by atoms with van der Waals surface area (Å²) in [5, 5.41) is 12.5. The molecule has 0 unspecified atom stereocenters. The van der Waals surface area contributed by atoms with E-state index in [1.54, 1.807) is 0 Å². The largest absolute Gasteiger partial charge is 0.450 e. The van der Waals surface area contributed by atoms with E-state index in [0.29, 0.717) is 5.57 Å². The molecule has 0 aliphatic heterocycles. The summed E-state index contributed by atoms with van der Waals surface area (Å²) in [6, 6.07) is 27.5. The zero-order chi connectivity index (χ0) is 21.8. The van der Waals surface area contributed by atoms with Gasteiger partial charge in [-0.15, -0.1) is 0 Å². The summed E-state index contributed by atoms with van der Waals surface area (Å²) in [5.74, 6) is -1.28. The molecule has 4 rings (SSSR count). The first kappa shape index (κ1) is 20.5. The topological polar surface area (TPSA) is 69.4 Å². The number of benzene rings is 3. The Kier molecular flexibility index (Phi) is 5.94. The van der Waals surface area contributed by atoms with Gasteiger partial charge in [-0.25, -0.2) is 0 Å². The number of esters is 1. The maximum Gasteiger partial charge on any atom is 0.303 e. The third-order valence-corrected chi connectivity index (χ3v) is 5.74. The first-order valence-corrected chi connectivity index (χ1v) is 10.2. The summed E-state index contributed by atoms with van der Waals surface area (Å²) < 4.78 is 5.62. The number of ether oxygens (including phenoxy) is 1. The second-order valence-electron chi connectivity index (χ2n) is 7.67. The van der Waals surface area contributed by atoms with Crippen LogP contribution in [0, 0.1) is 10.1 Å². The molecule has 31 heavy (non-hydrogen) atoms. The molecule has 0 heterocycles. The molecular weight excluding hydrogens is 390 g/mol. The van der Waals surface area contributed by atoms with Crippen LogP contribution in [0.3, 0.4) is 0 Å². The molecular formula is C26H23NO4. The van der Waals surface area contributed by atoms with Crippen LogP contribution in [0.4, 0.5) is 0 Å². The van der Waals surface area contributed by atoms with Gasteiger partial charge in [-0.3, -0.25) is 14.9 Å². The first-order valence-electron chi connectivity index (χ1n) is 10.2. The maximum absolute atomic E-state index is 12.5. The third kappa shape index (κ3) is 4.26. The summed E-state index contributed by atoms with van der Waals surface area (Å²) in [4.78, 5) is 24.2. The van der Waals surface area contributed by atoms with Gasteiger partial charge in [0.15, 0.2) is 6.10 Å². The van der Waals surface area contributed by atoms with Gasteiger partial charge in [-0.1, -0.05) is 97.1 Å². The van der Waals surface area contributed by atoms with E-state index in [9.17, 15) is 14.9 Å². The number of hydrogen-bond acceptors (Lipinski definition) is 4. The van der Waals surface area contributed by atoms with Gasteiger partial charge in [0, 0.05) is 23.3 Å². The van der Waals surface area contributed by atoms with Crippen molar-refractivity contribution in [2.45, 2.75) is 30.9 Å². The van der Waals surface area contributed by atoms with Crippen LogP contribution in [0.25, 0.3) is 5.57 Å². The Bertz CT molecular complexity index is 1080. The fraction of sp³-hybridized carbons (Fsp3) is 0.192. The molecule has 0 spiro atoms. The fourth-order valence-electron chi connectivity index (χ4n) is 4.48. The van der Waals surface area contributed by atoms with E-state index in [1.165, 1.54) is 6.92 Å². The van der Waals surface area contributed by atoms with Crippen LogP contribution in [-0.2, 0) is 9.53 Å². The highest BCUT2D eigenvalue weighted by Crippen LogP contribution is 2.47. The number of nitrogens with zero attached hydrogens (tertiary/aromatic N) is 1. The van der Waals surface area contributed by atoms with Crippen molar-refractivity contribution < 1.29 is 14.5 Å². The molecule has 4 atom stereocenters. The Morgan fingerprint density at radius 1 is 0.839 bits per heavy atom. The predicted molar refractivity (Wildman–Crippen MR) is 119 cm³/mol. The van der Waals surface area contributed by atoms with Crippen LogP contribution in [0.1, 0.15) is 35.4 Å². The monoisotopic (exact) mass is 413 g/mol. The van der Waals surface area contributed by atoms with E-state index in [0.717, 1.165) is 16.7 Å². The summed E-state index contributed by atoms with van der Waals surface area (Å²) in [7, 11) is 0. The Labute approximate surface area is 181 Å². The van der Waals surface area contributed by atoms with Gasteiger partial charge >= 0.3 is 5.97 Å². The minimum absolute atomic E-state index is 0.249. The molecule has 3 aromatic rings. The highest BCUT2D eigenvalue weighted by atomic mass is 16.6. The SMILES string of the molecule is CC(=O)O[C@@H]1C(c2ccccc2)=C[C@H](c2ccccc2)[C@H](c2ccccc2)[C@@H]1[N+](=O)[O-]. The van der Waals surface area contributed by atoms with Crippen LogP contribution >= 0.6 is 0 Å².